The summed E-state index contributed by atoms with van der Waals surface area (Å²) < 4.78 is 4.07. The van der Waals surface area contributed by atoms with Crippen LogP contribution in [0, 0.1) is 5.92 Å². The normalized spacial score (nSPS) is 20.8. The fraction of sp³-hybridized carbons (Fsp3) is 0.364. The van der Waals surface area contributed by atoms with E-state index in [1.807, 2.05) is 16.8 Å². The molecule has 5 nitrogen and oxygen atoms in total. The van der Waals surface area contributed by atoms with Gasteiger partial charge in [-0.3, -0.25) is 4.79 Å². The molecule has 6 heteroatoms. The monoisotopic (exact) mass is 392 g/mol. The van der Waals surface area contributed by atoms with Crippen molar-refractivity contribution in [2.24, 2.45) is 5.92 Å². The highest BCUT2D eigenvalue weighted by atomic mass is 32.2. The van der Waals surface area contributed by atoms with Gasteiger partial charge in [0.2, 0.25) is 0 Å². The molecule has 0 saturated carbocycles. The van der Waals surface area contributed by atoms with Crippen LogP contribution in [0.5, 0.6) is 0 Å². The molecule has 144 valence electrons. The second-order valence-corrected chi connectivity index (χ2v) is 8.65. The van der Waals surface area contributed by atoms with E-state index in [9.17, 15) is 4.79 Å². The first-order valence-electron chi connectivity index (χ1n) is 9.82. The Bertz CT molecular complexity index is 1050. The number of fused-ring (bicyclic) bond motifs is 4. The number of thioether (sulfide) groups is 1. The van der Waals surface area contributed by atoms with Crippen molar-refractivity contribution < 1.29 is 0 Å². The van der Waals surface area contributed by atoms with E-state index >= 15 is 0 Å². The number of hydrogen-bond donors (Lipinski definition) is 1. The summed E-state index contributed by atoms with van der Waals surface area (Å²) in [5, 5.41) is 3.50. The molecule has 0 aliphatic carbocycles. The summed E-state index contributed by atoms with van der Waals surface area (Å²) in [6, 6.07) is 12.7. The zero-order chi connectivity index (χ0) is 19.1. The maximum atomic E-state index is 13.3. The lowest BCUT2D eigenvalue weighted by molar-refractivity contribution is 0.257. The van der Waals surface area contributed by atoms with Gasteiger partial charge < -0.3 is 14.5 Å². The van der Waals surface area contributed by atoms with E-state index < -0.39 is 0 Å². The molecule has 0 amide bonds. The summed E-state index contributed by atoms with van der Waals surface area (Å²) in [6.45, 7) is 3.49. The lowest BCUT2D eigenvalue weighted by Crippen LogP contribution is -2.45. The minimum Gasteiger partial charge on any atom is -0.326 e. The molecule has 2 atom stereocenters. The molecule has 1 fully saturated rings. The standard InChI is InChI=1S/C22H24N4OS/c1-28-18-4-2-15(3-5-18)13-25-9-8-24-21(25)19-6-7-20-17-10-16(11-23-12-17)14-26(20)22(19)27/h2-9,16-17,23H,10-14H2,1H3/t16-,17+/m0/s1. The molecule has 4 heterocycles. The first-order chi connectivity index (χ1) is 13.7. The zero-order valence-electron chi connectivity index (χ0n) is 16.0. The van der Waals surface area contributed by atoms with Gasteiger partial charge in [-0.05, 0) is 55.0 Å². The van der Waals surface area contributed by atoms with Crippen LogP contribution in [-0.2, 0) is 13.1 Å². The number of nitrogens with zero attached hydrogens (tertiary/aromatic N) is 3. The summed E-state index contributed by atoms with van der Waals surface area (Å²) >= 11 is 1.74. The van der Waals surface area contributed by atoms with E-state index in [1.165, 1.54) is 22.6 Å². The van der Waals surface area contributed by atoms with E-state index in [0.29, 0.717) is 23.9 Å². The molecule has 2 bridgehead atoms. The Morgan fingerprint density at radius 3 is 2.86 bits per heavy atom. The molecule has 2 aliphatic heterocycles. The molecule has 2 aromatic heterocycles. The van der Waals surface area contributed by atoms with Gasteiger partial charge in [0, 0.05) is 48.5 Å². The minimum atomic E-state index is 0.0966. The second kappa shape index (κ2) is 7.26. The summed E-state index contributed by atoms with van der Waals surface area (Å²) in [5.74, 6) is 1.75. The molecule has 1 saturated heterocycles. The number of piperidine rings is 1. The number of benzene rings is 1. The van der Waals surface area contributed by atoms with Crippen LogP contribution in [0.25, 0.3) is 11.4 Å². The van der Waals surface area contributed by atoms with Crippen LogP contribution < -0.4 is 10.9 Å². The Morgan fingerprint density at radius 2 is 2.04 bits per heavy atom. The van der Waals surface area contributed by atoms with Crippen molar-refractivity contribution in [3.63, 3.8) is 0 Å². The van der Waals surface area contributed by atoms with Crippen molar-refractivity contribution in [1.29, 1.82) is 0 Å². The summed E-state index contributed by atoms with van der Waals surface area (Å²) in [7, 11) is 0. The maximum Gasteiger partial charge on any atom is 0.261 e. The molecule has 3 aromatic rings. The Morgan fingerprint density at radius 1 is 1.18 bits per heavy atom. The molecular weight excluding hydrogens is 368 g/mol. The molecule has 28 heavy (non-hydrogen) atoms. The van der Waals surface area contributed by atoms with E-state index in [0.717, 1.165) is 25.5 Å². The zero-order valence-corrected chi connectivity index (χ0v) is 16.8. The van der Waals surface area contributed by atoms with Crippen molar-refractivity contribution in [3.8, 4) is 11.4 Å². The van der Waals surface area contributed by atoms with Gasteiger partial charge >= 0.3 is 0 Å². The molecular formula is C22H24N4OS. The highest BCUT2D eigenvalue weighted by Crippen LogP contribution is 2.32. The smallest absolute Gasteiger partial charge is 0.261 e. The predicted octanol–water partition coefficient (Wildman–Crippen LogP) is 3.19. The largest absolute Gasteiger partial charge is 0.326 e. The summed E-state index contributed by atoms with van der Waals surface area (Å²) in [6.07, 6.45) is 7.01. The number of nitrogens with one attached hydrogen (secondary N) is 1. The molecule has 5 rings (SSSR count). The third kappa shape index (κ3) is 3.10. The van der Waals surface area contributed by atoms with Crippen LogP contribution in [-0.4, -0.2) is 33.5 Å². The SMILES string of the molecule is CSc1ccc(Cn2ccnc2-c2ccc3n(c2=O)C[C@@H]2CNC[C@H]3C2)cc1. The fourth-order valence-electron chi connectivity index (χ4n) is 4.57. The van der Waals surface area contributed by atoms with Crippen LogP contribution >= 0.6 is 11.8 Å². The predicted molar refractivity (Wildman–Crippen MR) is 113 cm³/mol. The van der Waals surface area contributed by atoms with Crippen molar-refractivity contribution in [2.45, 2.75) is 30.3 Å². The lowest BCUT2D eigenvalue weighted by atomic mass is 9.84. The second-order valence-electron chi connectivity index (χ2n) is 7.77. The van der Waals surface area contributed by atoms with Crippen molar-refractivity contribution in [2.75, 3.05) is 19.3 Å². The number of aromatic nitrogens is 3. The van der Waals surface area contributed by atoms with Crippen LogP contribution in [0.4, 0.5) is 0 Å². The van der Waals surface area contributed by atoms with E-state index in [-0.39, 0.29) is 5.56 Å². The molecule has 0 spiro atoms. The number of rotatable bonds is 4. The number of imidazole rings is 1. The first-order valence-corrected chi connectivity index (χ1v) is 11.0. The van der Waals surface area contributed by atoms with Gasteiger partial charge in [0.05, 0.1) is 5.56 Å². The van der Waals surface area contributed by atoms with E-state index in [2.05, 4.69) is 51.5 Å². The van der Waals surface area contributed by atoms with Gasteiger partial charge in [-0.2, -0.15) is 0 Å². The Labute approximate surface area is 168 Å². The third-order valence-corrected chi connectivity index (χ3v) is 6.72. The molecule has 1 N–H and O–H groups in total. The summed E-state index contributed by atoms with van der Waals surface area (Å²) in [5.41, 5.74) is 3.17. The molecule has 0 radical (unpaired) electrons. The van der Waals surface area contributed by atoms with Crippen molar-refractivity contribution >= 4 is 11.8 Å². The highest BCUT2D eigenvalue weighted by Gasteiger charge is 2.31. The number of hydrogen-bond acceptors (Lipinski definition) is 4. The first kappa shape index (κ1) is 17.8. The van der Waals surface area contributed by atoms with Gasteiger partial charge in [0.1, 0.15) is 5.82 Å². The van der Waals surface area contributed by atoms with Gasteiger partial charge in [-0.1, -0.05) is 12.1 Å². The van der Waals surface area contributed by atoms with Gasteiger partial charge in [0.25, 0.3) is 5.56 Å². The molecule has 1 aromatic carbocycles. The van der Waals surface area contributed by atoms with Crippen molar-refractivity contribution in [1.82, 2.24) is 19.4 Å². The Kier molecular flexibility index (Phi) is 4.61. The van der Waals surface area contributed by atoms with Crippen LogP contribution in [0.1, 0.15) is 23.6 Å². The lowest BCUT2D eigenvalue weighted by Gasteiger charge is -2.37. The highest BCUT2D eigenvalue weighted by molar-refractivity contribution is 7.98. The Hall–Kier alpha value is -2.31. The minimum absolute atomic E-state index is 0.0966. The van der Waals surface area contributed by atoms with Gasteiger partial charge in [-0.25, -0.2) is 4.98 Å². The van der Waals surface area contributed by atoms with Crippen LogP contribution in [0.15, 0.2) is 58.5 Å². The maximum absolute atomic E-state index is 13.3. The van der Waals surface area contributed by atoms with E-state index in [4.69, 9.17) is 0 Å². The Balaban J connectivity index is 1.50. The van der Waals surface area contributed by atoms with Crippen molar-refractivity contribution in [3.05, 3.63) is 70.4 Å². The topological polar surface area (TPSA) is 51.9 Å². The van der Waals surface area contributed by atoms with Crippen LogP contribution in [0.3, 0.4) is 0 Å². The van der Waals surface area contributed by atoms with Crippen LogP contribution in [0.2, 0.25) is 0 Å². The molecule has 2 aliphatic rings. The van der Waals surface area contributed by atoms with E-state index in [1.54, 1.807) is 18.0 Å². The average Bonchev–Trinajstić information content (AvgIpc) is 3.17. The number of pyridine rings is 1. The fourth-order valence-corrected chi connectivity index (χ4v) is 4.98. The summed E-state index contributed by atoms with van der Waals surface area (Å²) in [4.78, 5) is 19.1. The average molecular weight is 393 g/mol. The third-order valence-electron chi connectivity index (χ3n) is 5.98. The quantitative estimate of drug-likeness (QED) is 0.693. The molecule has 0 unspecified atom stereocenters. The van der Waals surface area contributed by atoms with Gasteiger partial charge in [0.15, 0.2) is 0 Å². The van der Waals surface area contributed by atoms with Gasteiger partial charge in [-0.15, -0.1) is 11.8 Å².